The largest absolute Gasteiger partial charge is 0.397 e. The van der Waals surface area contributed by atoms with E-state index in [1.807, 2.05) is 32.1 Å². The molecule has 0 bridgehead atoms. The molecule has 0 spiro atoms. The molecule has 0 fully saturated rings. The summed E-state index contributed by atoms with van der Waals surface area (Å²) in [7, 11) is 0. The summed E-state index contributed by atoms with van der Waals surface area (Å²) < 4.78 is 1.05. The van der Waals surface area contributed by atoms with Crippen LogP contribution in [0.2, 0.25) is 0 Å². The number of halogens is 1. The molecule has 0 aromatic heterocycles. The maximum Gasteiger partial charge on any atom is 0.0591 e. The smallest absolute Gasteiger partial charge is 0.0591 e. The standard InChI is InChI=1S/C11H15BrN2/c1-3-4-7-14-10-6-5-9(12)8(2)11(10)13/h3-6,14H,7,13H2,1-2H3/b4-3+. The summed E-state index contributed by atoms with van der Waals surface area (Å²) in [4.78, 5) is 0. The van der Waals surface area contributed by atoms with Gasteiger partial charge in [0, 0.05) is 11.0 Å². The third-order valence-corrected chi connectivity index (χ3v) is 2.95. The zero-order chi connectivity index (χ0) is 10.6. The molecule has 0 heterocycles. The highest BCUT2D eigenvalue weighted by Crippen LogP contribution is 2.28. The SMILES string of the molecule is C/C=C/CNc1ccc(Br)c(C)c1N. The Morgan fingerprint density at radius 1 is 1.50 bits per heavy atom. The van der Waals surface area contributed by atoms with Crippen molar-refractivity contribution in [3.05, 3.63) is 34.3 Å². The zero-order valence-electron chi connectivity index (χ0n) is 8.47. The molecule has 1 aromatic rings. The minimum absolute atomic E-state index is 0.807. The number of nitrogens with two attached hydrogens (primary N) is 1. The van der Waals surface area contributed by atoms with Gasteiger partial charge in [0.15, 0.2) is 0 Å². The summed E-state index contributed by atoms with van der Waals surface area (Å²) in [5.74, 6) is 0. The summed E-state index contributed by atoms with van der Waals surface area (Å²) in [6.45, 7) is 4.81. The first-order valence-electron chi connectivity index (χ1n) is 4.56. The Morgan fingerprint density at radius 3 is 2.86 bits per heavy atom. The Balaban J connectivity index is 2.83. The van der Waals surface area contributed by atoms with Gasteiger partial charge in [-0.1, -0.05) is 28.1 Å². The third-order valence-electron chi connectivity index (χ3n) is 2.09. The maximum atomic E-state index is 5.95. The number of anilines is 2. The summed E-state index contributed by atoms with van der Waals surface area (Å²) in [5.41, 5.74) is 8.83. The molecular formula is C11H15BrN2. The van der Waals surface area contributed by atoms with Crippen LogP contribution >= 0.6 is 15.9 Å². The van der Waals surface area contributed by atoms with Crippen LogP contribution in [0.5, 0.6) is 0 Å². The van der Waals surface area contributed by atoms with Crippen molar-refractivity contribution < 1.29 is 0 Å². The van der Waals surface area contributed by atoms with Crippen LogP contribution in [0.4, 0.5) is 11.4 Å². The molecule has 3 heteroatoms. The highest BCUT2D eigenvalue weighted by molar-refractivity contribution is 9.10. The molecule has 0 aliphatic heterocycles. The molecule has 0 atom stereocenters. The van der Waals surface area contributed by atoms with Crippen molar-refractivity contribution in [1.29, 1.82) is 0 Å². The van der Waals surface area contributed by atoms with Gasteiger partial charge in [0.2, 0.25) is 0 Å². The Hall–Kier alpha value is -0.960. The van der Waals surface area contributed by atoms with E-state index in [0.717, 1.165) is 28.0 Å². The number of rotatable bonds is 3. The van der Waals surface area contributed by atoms with E-state index >= 15 is 0 Å². The fourth-order valence-corrected chi connectivity index (χ4v) is 1.49. The van der Waals surface area contributed by atoms with Crippen molar-refractivity contribution in [2.75, 3.05) is 17.6 Å². The van der Waals surface area contributed by atoms with E-state index < -0.39 is 0 Å². The molecule has 0 aliphatic rings. The van der Waals surface area contributed by atoms with Crippen molar-refractivity contribution >= 4 is 27.3 Å². The van der Waals surface area contributed by atoms with Crippen LogP contribution in [0.25, 0.3) is 0 Å². The van der Waals surface area contributed by atoms with E-state index in [9.17, 15) is 0 Å². The van der Waals surface area contributed by atoms with Gasteiger partial charge in [-0.25, -0.2) is 0 Å². The van der Waals surface area contributed by atoms with Crippen LogP contribution in [0, 0.1) is 6.92 Å². The first-order valence-corrected chi connectivity index (χ1v) is 5.35. The van der Waals surface area contributed by atoms with Crippen LogP contribution in [-0.4, -0.2) is 6.54 Å². The second-order valence-electron chi connectivity index (χ2n) is 3.08. The number of allylic oxidation sites excluding steroid dienone is 1. The van der Waals surface area contributed by atoms with Crippen molar-refractivity contribution in [2.24, 2.45) is 0 Å². The lowest BCUT2D eigenvalue weighted by Gasteiger charge is -2.10. The second-order valence-corrected chi connectivity index (χ2v) is 3.94. The van der Waals surface area contributed by atoms with Gasteiger partial charge in [-0.05, 0) is 31.5 Å². The van der Waals surface area contributed by atoms with E-state index in [2.05, 4.69) is 27.3 Å². The Morgan fingerprint density at radius 2 is 2.21 bits per heavy atom. The van der Waals surface area contributed by atoms with Crippen LogP contribution < -0.4 is 11.1 Å². The van der Waals surface area contributed by atoms with Gasteiger partial charge in [0.05, 0.1) is 11.4 Å². The lowest BCUT2D eigenvalue weighted by atomic mass is 10.2. The molecule has 3 N–H and O–H groups in total. The highest BCUT2D eigenvalue weighted by Gasteiger charge is 2.03. The van der Waals surface area contributed by atoms with Gasteiger partial charge in [-0.3, -0.25) is 0 Å². The predicted octanol–water partition coefficient (Wildman–Crippen LogP) is 3.33. The molecule has 2 nitrogen and oxygen atoms in total. The van der Waals surface area contributed by atoms with E-state index in [1.165, 1.54) is 0 Å². The third kappa shape index (κ3) is 2.51. The van der Waals surface area contributed by atoms with Crippen molar-refractivity contribution in [1.82, 2.24) is 0 Å². The Labute approximate surface area is 93.3 Å². The average Bonchev–Trinajstić information content (AvgIpc) is 2.18. The number of hydrogen-bond acceptors (Lipinski definition) is 2. The van der Waals surface area contributed by atoms with E-state index in [4.69, 9.17) is 5.73 Å². The summed E-state index contributed by atoms with van der Waals surface area (Å²) in [5, 5.41) is 3.25. The van der Waals surface area contributed by atoms with Gasteiger partial charge in [-0.2, -0.15) is 0 Å². The Bertz CT molecular complexity index is 345. The molecule has 0 aliphatic carbocycles. The quantitative estimate of drug-likeness (QED) is 0.642. The van der Waals surface area contributed by atoms with E-state index in [-0.39, 0.29) is 0 Å². The maximum absolute atomic E-state index is 5.95. The second kappa shape index (κ2) is 5.05. The fraction of sp³-hybridized carbons (Fsp3) is 0.273. The first-order chi connectivity index (χ1) is 6.66. The lowest BCUT2D eigenvalue weighted by Crippen LogP contribution is -2.03. The number of hydrogen-bond donors (Lipinski definition) is 2. The lowest BCUT2D eigenvalue weighted by molar-refractivity contribution is 1.31. The first kappa shape index (κ1) is 11.1. The monoisotopic (exact) mass is 254 g/mol. The number of nitrogen functional groups attached to an aromatic ring is 1. The van der Waals surface area contributed by atoms with Gasteiger partial charge < -0.3 is 11.1 Å². The van der Waals surface area contributed by atoms with Gasteiger partial charge in [0.25, 0.3) is 0 Å². The van der Waals surface area contributed by atoms with Gasteiger partial charge in [-0.15, -0.1) is 0 Å². The average molecular weight is 255 g/mol. The summed E-state index contributed by atoms with van der Waals surface area (Å²) in [6.07, 6.45) is 4.06. The predicted molar refractivity (Wildman–Crippen MR) is 66.6 cm³/mol. The molecule has 0 saturated heterocycles. The van der Waals surface area contributed by atoms with Crippen LogP contribution in [-0.2, 0) is 0 Å². The van der Waals surface area contributed by atoms with Crippen molar-refractivity contribution in [2.45, 2.75) is 13.8 Å². The summed E-state index contributed by atoms with van der Waals surface area (Å²) in [6, 6.07) is 3.99. The normalized spacial score (nSPS) is 10.8. The molecule has 1 aromatic carbocycles. The van der Waals surface area contributed by atoms with Crippen molar-refractivity contribution in [3.63, 3.8) is 0 Å². The van der Waals surface area contributed by atoms with E-state index in [0.29, 0.717) is 0 Å². The molecule has 14 heavy (non-hydrogen) atoms. The van der Waals surface area contributed by atoms with Crippen molar-refractivity contribution in [3.8, 4) is 0 Å². The fourth-order valence-electron chi connectivity index (χ4n) is 1.14. The van der Waals surface area contributed by atoms with Crippen LogP contribution in [0.1, 0.15) is 12.5 Å². The minimum atomic E-state index is 0.807. The van der Waals surface area contributed by atoms with Gasteiger partial charge >= 0.3 is 0 Å². The zero-order valence-corrected chi connectivity index (χ0v) is 10.1. The summed E-state index contributed by atoms with van der Waals surface area (Å²) >= 11 is 3.44. The molecule has 0 radical (unpaired) electrons. The molecular weight excluding hydrogens is 240 g/mol. The van der Waals surface area contributed by atoms with Crippen LogP contribution in [0.15, 0.2) is 28.8 Å². The minimum Gasteiger partial charge on any atom is -0.397 e. The Kier molecular flexibility index (Phi) is 4.01. The topological polar surface area (TPSA) is 38.0 Å². The molecule has 0 saturated carbocycles. The number of nitrogens with one attached hydrogen (secondary N) is 1. The molecule has 76 valence electrons. The highest BCUT2D eigenvalue weighted by atomic mass is 79.9. The van der Waals surface area contributed by atoms with Gasteiger partial charge in [0.1, 0.15) is 0 Å². The molecule has 1 rings (SSSR count). The molecule has 0 unspecified atom stereocenters. The van der Waals surface area contributed by atoms with E-state index in [1.54, 1.807) is 0 Å². The number of benzene rings is 1. The molecule has 0 amide bonds. The van der Waals surface area contributed by atoms with Crippen LogP contribution in [0.3, 0.4) is 0 Å².